The van der Waals surface area contributed by atoms with Gasteiger partial charge in [-0.3, -0.25) is 0 Å². The second-order valence-electron chi connectivity index (χ2n) is 8.19. The first-order valence-corrected chi connectivity index (χ1v) is 11.2. The summed E-state index contributed by atoms with van der Waals surface area (Å²) in [5.74, 6) is -4.73. The van der Waals surface area contributed by atoms with Gasteiger partial charge in [0.15, 0.2) is 29.5 Å². The van der Waals surface area contributed by atoms with Gasteiger partial charge in [-0.15, -0.1) is 0 Å². The van der Waals surface area contributed by atoms with Gasteiger partial charge in [-0.2, -0.15) is 4.39 Å². The van der Waals surface area contributed by atoms with Gasteiger partial charge >= 0.3 is 0 Å². The summed E-state index contributed by atoms with van der Waals surface area (Å²) in [4.78, 5) is 0. The maximum Gasteiger partial charge on any atom is 0.201 e. The Morgan fingerprint density at radius 3 is 2.12 bits per heavy atom. The topological polar surface area (TPSA) is 27.7 Å². The minimum absolute atomic E-state index is 0.0125. The van der Waals surface area contributed by atoms with Crippen LogP contribution in [0.4, 0.5) is 17.6 Å². The van der Waals surface area contributed by atoms with Gasteiger partial charge in [-0.05, 0) is 36.6 Å². The van der Waals surface area contributed by atoms with E-state index >= 15 is 0 Å². The van der Waals surface area contributed by atoms with Crippen LogP contribution in [-0.4, -0.2) is 19.8 Å². The van der Waals surface area contributed by atoms with Gasteiger partial charge in [-0.25, -0.2) is 13.2 Å². The molecule has 1 fully saturated rings. The average molecular weight is 455 g/mol. The Balaban J connectivity index is 1.55. The van der Waals surface area contributed by atoms with E-state index in [4.69, 9.17) is 14.2 Å². The number of rotatable bonds is 10. The average Bonchev–Trinajstić information content (AvgIpc) is 2.80. The molecule has 1 aliphatic rings. The van der Waals surface area contributed by atoms with Gasteiger partial charge in [0.25, 0.3) is 0 Å². The van der Waals surface area contributed by atoms with Crippen LogP contribution in [0.3, 0.4) is 0 Å². The molecule has 2 aromatic carbocycles. The lowest BCUT2D eigenvalue weighted by Gasteiger charge is -2.30. The smallest absolute Gasteiger partial charge is 0.201 e. The molecule has 3 rings (SSSR count). The molecule has 0 aliphatic carbocycles. The van der Waals surface area contributed by atoms with Gasteiger partial charge in [-0.1, -0.05) is 51.2 Å². The van der Waals surface area contributed by atoms with Crippen LogP contribution in [0, 0.1) is 30.2 Å². The summed E-state index contributed by atoms with van der Waals surface area (Å²) in [6, 6.07) is 5.70. The molecule has 0 radical (unpaired) electrons. The number of unbranched alkanes of at least 4 members (excludes halogenated alkanes) is 5. The highest BCUT2D eigenvalue weighted by atomic mass is 19.2. The second kappa shape index (κ2) is 11.7. The summed E-state index contributed by atoms with van der Waals surface area (Å²) in [6.07, 6.45) is 5.27. The molecule has 2 aromatic rings. The number of hydrogen-bond donors (Lipinski definition) is 0. The zero-order valence-corrected chi connectivity index (χ0v) is 18.6. The molecule has 0 bridgehead atoms. The highest BCUT2D eigenvalue weighted by Gasteiger charge is 2.30. The van der Waals surface area contributed by atoms with Crippen molar-refractivity contribution >= 4 is 0 Å². The summed E-state index contributed by atoms with van der Waals surface area (Å²) in [6.45, 7) is 3.92. The Morgan fingerprint density at radius 2 is 1.41 bits per heavy atom. The molecule has 0 spiro atoms. The van der Waals surface area contributed by atoms with E-state index in [1.54, 1.807) is 0 Å². The third kappa shape index (κ3) is 5.81. The Labute approximate surface area is 186 Å². The summed E-state index contributed by atoms with van der Waals surface area (Å²) in [5.41, 5.74) is 0.248. The number of benzene rings is 2. The molecule has 176 valence electrons. The lowest BCUT2D eigenvalue weighted by molar-refractivity contribution is -0.193. The van der Waals surface area contributed by atoms with Crippen molar-refractivity contribution in [2.75, 3.05) is 19.8 Å². The van der Waals surface area contributed by atoms with E-state index in [9.17, 15) is 17.6 Å². The molecule has 0 unspecified atom stereocenters. The molecule has 0 atom stereocenters. The maximum absolute atomic E-state index is 14.6. The monoisotopic (exact) mass is 454 g/mol. The molecular weight excluding hydrogens is 424 g/mol. The van der Waals surface area contributed by atoms with E-state index in [2.05, 4.69) is 6.92 Å². The molecule has 1 saturated heterocycles. The maximum atomic E-state index is 14.6. The SMILES string of the molecule is CCCCCCCCOc1ccc(C2OCC(c3ccc(C)c(F)c3F)CO2)c(F)c1F. The van der Waals surface area contributed by atoms with E-state index in [0.29, 0.717) is 6.61 Å². The standard InChI is InChI=1S/C25H30F4O3/c1-3-4-5-6-7-8-13-30-20-12-11-19(23(28)24(20)29)25-31-14-17(15-32-25)18-10-9-16(2)21(26)22(18)27/h9-12,17,25H,3-8,13-15H2,1-2H3. The molecule has 0 aromatic heterocycles. The summed E-state index contributed by atoms with van der Waals surface area (Å²) in [5, 5.41) is 0. The Kier molecular flexibility index (Phi) is 8.93. The number of aryl methyl sites for hydroxylation is 1. The third-order valence-electron chi connectivity index (χ3n) is 5.73. The van der Waals surface area contributed by atoms with Crippen LogP contribution >= 0.6 is 0 Å². The van der Waals surface area contributed by atoms with Crippen molar-refractivity contribution in [2.45, 2.75) is 64.6 Å². The Bertz CT molecular complexity index is 895. The molecule has 32 heavy (non-hydrogen) atoms. The minimum Gasteiger partial charge on any atom is -0.490 e. The lowest BCUT2D eigenvalue weighted by Crippen LogP contribution is -2.27. The van der Waals surface area contributed by atoms with Crippen LogP contribution in [-0.2, 0) is 9.47 Å². The quantitative estimate of drug-likeness (QED) is 0.283. The molecular formula is C25H30F4O3. The molecule has 7 heteroatoms. The van der Waals surface area contributed by atoms with Crippen molar-refractivity contribution in [1.82, 2.24) is 0 Å². The summed E-state index contributed by atoms with van der Waals surface area (Å²) >= 11 is 0. The number of hydrogen-bond acceptors (Lipinski definition) is 3. The number of halogens is 4. The van der Waals surface area contributed by atoms with Crippen molar-refractivity contribution < 1.29 is 31.8 Å². The summed E-state index contributed by atoms with van der Waals surface area (Å²) in [7, 11) is 0. The van der Waals surface area contributed by atoms with E-state index in [0.717, 1.165) is 19.3 Å². The van der Waals surface area contributed by atoms with Gasteiger partial charge in [0.2, 0.25) is 5.82 Å². The lowest BCUT2D eigenvalue weighted by atomic mass is 9.97. The van der Waals surface area contributed by atoms with Crippen LogP contribution in [0.25, 0.3) is 0 Å². The van der Waals surface area contributed by atoms with Crippen molar-refractivity contribution in [3.63, 3.8) is 0 Å². The van der Waals surface area contributed by atoms with Gasteiger partial charge in [0.1, 0.15) is 0 Å². The van der Waals surface area contributed by atoms with Crippen molar-refractivity contribution in [3.05, 3.63) is 64.2 Å². The Morgan fingerprint density at radius 1 is 0.781 bits per heavy atom. The van der Waals surface area contributed by atoms with Crippen LogP contribution in [0.5, 0.6) is 5.75 Å². The van der Waals surface area contributed by atoms with Crippen molar-refractivity contribution in [1.29, 1.82) is 0 Å². The van der Waals surface area contributed by atoms with E-state index in [-0.39, 0.29) is 35.7 Å². The van der Waals surface area contributed by atoms with E-state index < -0.39 is 35.5 Å². The fourth-order valence-electron chi connectivity index (χ4n) is 3.74. The predicted molar refractivity (Wildman–Crippen MR) is 114 cm³/mol. The number of ether oxygens (including phenoxy) is 3. The van der Waals surface area contributed by atoms with Gasteiger partial charge in [0.05, 0.1) is 19.8 Å². The third-order valence-corrected chi connectivity index (χ3v) is 5.73. The fraction of sp³-hybridized carbons (Fsp3) is 0.520. The fourth-order valence-corrected chi connectivity index (χ4v) is 3.74. The molecule has 3 nitrogen and oxygen atoms in total. The predicted octanol–water partition coefficient (Wildman–Crippen LogP) is 7.12. The minimum atomic E-state index is -1.13. The molecule has 0 saturated carbocycles. The first kappa shape index (κ1) is 24.5. The molecule has 1 aliphatic heterocycles. The Hall–Kier alpha value is -2.12. The van der Waals surface area contributed by atoms with Crippen LogP contribution in [0.2, 0.25) is 0 Å². The van der Waals surface area contributed by atoms with Crippen LogP contribution < -0.4 is 4.74 Å². The zero-order chi connectivity index (χ0) is 23.1. The first-order valence-electron chi connectivity index (χ1n) is 11.2. The van der Waals surface area contributed by atoms with Crippen molar-refractivity contribution in [3.8, 4) is 5.75 Å². The van der Waals surface area contributed by atoms with Crippen LogP contribution in [0.15, 0.2) is 24.3 Å². The first-order chi connectivity index (χ1) is 15.4. The van der Waals surface area contributed by atoms with Crippen molar-refractivity contribution in [2.24, 2.45) is 0 Å². The second-order valence-corrected chi connectivity index (χ2v) is 8.19. The molecule has 0 amide bonds. The van der Waals surface area contributed by atoms with E-state index in [1.807, 2.05) is 0 Å². The largest absolute Gasteiger partial charge is 0.490 e. The highest BCUT2D eigenvalue weighted by molar-refractivity contribution is 5.32. The van der Waals surface area contributed by atoms with E-state index in [1.165, 1.54) is 50.5 Å². The van der Waals surface area contributed by atoms with Gasteiger partial charge < -0.3 is 14.2 Å². The molecule has 1 heterocycles. The molecule has 0 N–H and O–H groups in total. The zero-order valence-electron chi connectivity index (χ0n) is 18.6. The van der Waals surface area contributed by atoms with Gasteiger partial charge in [0, 0.05) is 11.5 Å². The summed E-state index contributed by atoms with van der Waals surface area (Å²) < 4.78 is 73.6. The highest BCUT2D eigenvalue weighted by Crippen LogP contribution is 2.35. The normalized spacial score (nSPS) is 18.7. The van der Waals surface area contributed by atoms with Crippen LogP contribution in [0.1, 0.15) is 74.3 Å².